The first-order chi connectivity index (χ1) is 19.7. The molecule has 41 heavy (non-hydrogen) atoms. The number of furan rings is 1. The van der Waals surface area contributed by atoms with Gasteiger partial charge in [-0.3, -0.25) is 9.59 Å². The van der Waals surface area contributed by atoms with Crippen LogP contribution in [-0.4, -0.2) is 49.0 Å². The molecule has 3 rings (SSSR count). The Labute approximate surface area is 240 Å². The van der Waals surface area contributed by atoms with Crippen molar-refractivity contribution in [1.82, 2.24) is 4.90 Å². The number of ether oxygens (including phenoxy) is 1. The summed E-state index contributed by atoms with van der Waals surface area (Å²) >= 11 is 0. The number of amides is 1. The average molecular weight is 575 g/mol. The number of fused-ring (bicyclic) bond motifs is 1. The predicted octanol–water partition coefficient (Wildman–Crippen LogP) is 8.18. The van der Waals surface area contributed by atoms with Gasteiger partial charge in [0.15, 0.2) is 5.78 Å². The molecule has 0 saturated carbocycles. The summed E-state index contributed by atoms with van der Waals surface area (Å²) in [5, 5.41) is 2.21. The van der Waals surface area contributed by atoms with Gasteiger partial charge < -0.3 is 19.4 Å². The van der Waals surface area contributed by atoms with Crippen molar-refractivity contribution in [1.29, 1.82) is 0 Å². The number of anilines is 1. The maximum atomic E-state index is 13.6. The quantitative estimate of drug-likeness (QED) is 0.130. The molecule has 224 valence electrons. The van der Waals surface area contributed by atoms with E-state index in [2.05, 4.69) is 18.7 Å². The number of halogens is 3. The molecule has 0 spiro atoms. The zero-order valence-electron chi connectivity index (χ0n) is 24.2. The highest BCUT2D eigenvalue weighted by Crippen LogP contribution is 2.32. The predicted molar refractivity (Wildman–Crippen MR) is 156 cm³/mol. The molecule has 1 heterocycles. The molecule has 1 aromatic heterocycles. The number of rotatable bonds is 17. The summed E-state index contributed by atoms with van der Waals surface area (Å²) in [4.78, 5) is 27.6. The fraction of sp³-hybridized carbons (Fsp3) is 0.500. The zero-order valence-corrected chi connectivity index (χ0v) is 24.2. The summed E-state index contributed by atoms with van der Waals surface area (Å²) in [6, 6.07) is 11.0. The van der Waals surface area contributed by atoms with Gasteiger partial charge in [-0.15, -0.1) is 0 Å². The van der Waals surface area contributed by atoms with Crippen LogP contribution in [0.2, 0.25) is 0 Å². The maximum absolute atomic E-state index is 13.6. The summed E-state index contributed by atoms with van der Waals surface area (Å²) in [5.74, 6) is -1.24. The van der Waals surface area contributed by atoms with E-state index in [-0.39, 0.29) is 11.5 Å². The molecule has 0 aliphatic rings. The summed E-state index contributed by atoms with van der Waals surface area (Å²) < 4.78 is 50.2. The van der Waals surface area contributed by atoms with Crippen molar-refractivity contribution >= 4 is 28.3 Å². The normalized spacial score (nSPS) is 11.8. The van der Waals surface area contributed by atoms with Crippen LogP contribution in [0.4, 0.5) is 18.9 Å². The van der Waals surface area contributed by atoms with Gasteiger partial charge in [0, 0.05) is 29.6 Å². The molecule has 0 fully saturated rings. The molecule has 0 aliphatic carbocycles. The topological polar surface area (TPSA) is 71.8 Å². The molecule has 0 atom stereocenters. The van der Waals surface area contributed by atoms with Crippen LogP contribution in [0.3, 0.4) is 0 Å². The van der Waals surface area contributed by atoms with Crippen LogP contribution in [-0.2, 0) is 11.2 Å². The third-order valence-corrected chi connectivity index (χ3v) is 6.92. The Morgan fingerprint density at radius 3 is 2.12 bits per heavy atom. The molecule has 3 aromatic rings. The van der Waals surface area contributed by atoms with Crippen LogP contribution < -0.4 is 10.1 Å². The zero-order chi connectivity index (χ0) is 29.8. The lowest BCUT2D eigenvalue weighted by atomic mass is 9.98. The van der Waals surface area contributed by atoms with Gasteiger partial charge >= 0.3 is 12.1 Å². The number of nitrogens with one attached hydrogen (secondary N) is 1. The highest BCUT2D eigenvalue weighted by molar-refractivity contribution is 6.17. The third-order valence-electron chi connectivity index (χ3n) is 6.92. The molecule has 0 bridgehead atoms. The average Bonchev–Trinajstić information content (AvgIpc) is 3.32. The lowest BCUT2D eigenvalue weighted by Crippen LogP contribution is -2.29. The van der Waals surface area contributed by atoms with Crippen LogP contribution in [0.15, 0.2) is 46.9 Å². The number of hydrogen-bond acceptors (Lipinski definition) is 5. The minimum Gasteiger partial charge on any atom is -0.494 e. The van der Waals surface area contributed by atoms with Crippen molar-refractivity contribution in [2.24, 2.45) is 0 Å². The van der Waals surface area contributed by atoms with E-state index in [1.165, 1.54) is 43.9 Å². The Bertz CT molecular complexity index is 1260. The second-order valence-electron chi connectivity index (χ2n) is 10.3. The number of carbonyl (C=O) groups is 2. The number of hydrogen-bond donors (Lipinski definition) is 1. The third kappa shape index (κ3) is 9.35. The fourth-order valence-corrected chi connectivity index (χ4v) is 4.61. The van der Waals surface area contributed by atoms with E-state index < -0.39 is 12.1 Å². The Morgan fingerprint density at radius 2 is 1.51 bits per heavy atom. The van der Waals surface area contributed by atoms with Crippen molar-refractivity contribution in [2.45, 2.75) is 78.3 Å². The van der Waals surface area contributed by atoms with Crippen LogP contribution in [0.25, 0.3) is 11.0 Å². The molecule has 0 unspecified atom stereocenters. The first-order valence-electron chi connectivity index (χ1n) is 14.6. The molecule has 2 aromatic carbocycles. The van der Waals surface area contributed by atoms with E-state index in [1.54, 1.807) is 24.3 Å². The highest BCUT2D eigenvalue weighted by Gasteiger charge is 2.38. The van der Waals surface area contributed by atoms with E-state index in [0.717, 1.165) is 38.9 Å². The number of aryl methyl sites for hydroxylation is 1. The SMILES string of the molecule is CCCCc1oc2ccc(NC(=O)C(F)(F)F)cc2c1C(=O)c1ccc(OCCCN(CCCC)CCCC)cc1. The van der Waals surface area contributed by atoms with Crippen molar-refractivity contribution < 1.29 is 31.9 Å². The number of benzene rings is 2. The van der Waals surface area contributed by atoms with Gasteiger partial charge in [-0.2, -0.15) is 13.2 Å². The van der Waals surface area contributed by atoms with E-state index in [0.29, 0.717) is 46.6 Å². The van der Waals surface area contributed by atoms with Crippen molar-refractivity contribution in [3.05, 3.63) is 59.4 Å². The van der Waals surface area contributed by atoms with Gasteiger partial charge in [-0.25, -0.2) is 0 Å². The number of alkyl halides is 3. The molecule has 1 amide bonds. The van der Waals surface area contributed by atoms with Crippen LogP contribution in [0.5, 0.6) is 5.75 Å². The van der Waals surface area contributed by atoms with Gasteiger partial charge in [-0.1, -0.05) is 40.0 Å². The first-order valence-corrected chi connectivity index (χ1v) is 14.6. The first kappa shape index (κ1) is 32.2. The largest absolute Gasteiger partial charge is 0.494 e. The van der Waals surface area contributed by atoms with Crippen LogP contribution in [0, 0.1) is 0 Å². The molecule has 1 N–H and O–H groups in total. The van der Waals surface area contributed by atoms with Gasteiger partial charge in [0.25, 0.3) is 0 Å². The van der Waals surface area contributed by atoms with Crippen LogP contribution in [0.1, 0.15) is 87.4 Å². The van der Waals surface area contributed by atoms with Crippen LogP contribution >= 0.6 is 0 Å². The molecule has 0 saturated heterocycles. The lowest BCUT2D eigenvalue weighted by molar-refractivity contribution is -0.167. The Balaban J connectivity index is 1.73. The summed E-state index contributed by atoms with van der Waals surface area (Å²) in [7, 11) is 0. The van der Waals surface area contributed by atoms with Gasteiger partial charge in [0.05, 0.1) is 12.2 Å². The Kier molecular flexibility index (Phi) is 12.3. The number of nitrogens with zero attached hydrogens (tertiary/aromatic N) is 1. The summed E-state index contributed by atoms with van der Waals surface area (Å²) in [6.07, 6.45) is 2.77. The second kappa shape index (κ2) is 15.6. The van der Waals surface area contributed by atoms with Gasteiger partial charge in [0.2, 0.25) is 0 Å². The summed E-state index contributed by atoms with van der Waals surface area (Å²) in [6.45, 7) is 10.2. The van der Waals surface area contributed by atoms with Crippen molar-refractivity contribution in [3.8, 4) is 5.75 Å². The monoisotopic (exact) mass is 574 g/mol. The van der Waals surface area contributed by atoms with Crippen molar-refractivity contribution in [3.63, 3.8) is 0 Å². The molecular weight excluding hydrogens is 533 g/mol. The number of carbonyl (C=O) groups excluding carboxylic acids is 2. The lowest BCUT2D eigenvalue weighted by Gasteiger charge is -2.21. The van der Waals surface area contributed by atoms with Gasteiger partial charge in [0.1, 0.15) is 17.1 Å². The molecular formula is C32H41F3N2O4. The Morgan fingerprint density at radius 1 is 0.878 bits per heavy atom. The maximum Gasteiger partial charge on any atom is 0.471 e. The molecule has 9 heteroatoms. The van der Waals surface area contributed by atoms with E-state index in [1.807, 2.05) is 12.2 Å². The standard InChI is InChI=1S/C32H41F3N2O4/c1-4-7-11-28-29(26-22-24(14-17-27(26)41-28)36-31(39)32(33,34)35)30(38)23-12-15-25(16-13-23)40-21-10-20-37(18-8-5-2)19-9-6-3/h12-17,22H,4-11,18-21H2,1-3H3,(H,36,39). The van der Waals surface area contributed by atoms with Gasteiger partial charge in [-0.05, 0) is 81.2 Å². The smallest absolute Gasteiger partial charge is 0.471 e. The van der Waals surface area contributed by atoms with E-state index in [9.17, 15) is 22.8 Å². The number of unbranched alkanes of at least 4 members (excludes halogenated alkanes) is 3. The molecule has 0 radical (unpaired) electrons. The van der Waals surface area contributed by atoms with E-state index >= 15 is 0 Å². The second-order valence-corrected chi connectivity index (χ2v) is 10.3. The highest BCUT2D eigenvalue weighted by atomic mass is 19.4. The minimum absolute atomic E-state index is 0.0663. The summed E-state index contributed by atoms with van der Waals surface area (Å²) in [5.41, 5.74) is 1.01. The molecule has 0 aliphatic heterocycles. The number of ketones is 1. The molecule has 6 nitrogen and oxygen atoms in total. The Hall–Kier alpha value is -3.33. The fourth-order valence-electron chi connectivity index (χ4n) is 4.61. The van der Waals surface area contributed by atoms with E-state index in [4.69, 9.17) is 9.15 Å². The minimum atomic E-state index is -5.02. The van der Waals surface area contributed by atoms with Crippen molar-refractivity contribution in [2.75, 3.05) is 31.6 Å².